The zero-order valence-corrected chi connectivity index (χ0v) is 11.2. The topological polar surface area (TPSA) is 63.6 Å². The van der Waals surface area contributed by atoms with Gasteiger partial charge in [-0.25, -0.2) is 0 Å². The smallest absolute Gasteiger partial charge is 0.306 e. The Hall–Kier alpha value is -1.84. The van der Waals surface area contributed by atoms with E-state index in [9.17, 15) is 9.59 Å². The molecular weight excluding hydrogens is 244 g/mol. The second-order valence-corrected chi connectivity index (χ2v) is 4.43. The van der Waals surface area contributed by atoms with Gasteiger partial charge in [-0.1, -0.05) is 31.2 Å². The molecule has 0 radical (unpaired) electrons. The number of carboxylic acid groups (broad SMARTS) is 1. The molecule has 0 atom stereocenters. The molecule has 0 fully saturated rings. The lowest BCUT2D eigenvalue weighted by atomic mass is 10.0. The Bertz CT molecular complexity index is 409. The first-order chi connectivity index (χ1) is 9.11. The molecule has 0 unspecified atom stereocenters. The highest BCUT2D eigenvalue weighted by atomic mass is 16.5. The van der Waals surface area contributed by atoms with Gasteiger partial charge in [0.15, 0.2) is 0 Å². The number of hydrogen-bond acceptors (Lipinski definition) is 3. The zero-order chi connectivity index (χ0) is 14.1. The third kappa shape index (κ3) is 6.60. The summed E-state index contributed by atoms with van der Waals surface area (Å²) in [6.07, 6.45) is 2.55. The predicted molar refractivity (Wildman–Crippen MR) is 72.0 cm³/mol. The Balaban J connectivity index is 2.35. The van der Waals surface area contributed by atoms with Crippen LogP contribution >= 0.6 is 0 Å². The molecule has 0 aliphatic heterocycles. The molecular formula is C15H20O4. The van der Waals surface area contributed by atoms with E-state index in [2.05, 4.69) is 0 Å². The summed E-state index contributed by atoms with van der Waals surface area (Å²) in [5.74, 6) is -0.959. The van der Waals surface area contributed by atoms with Crippen LogP contribution in [0.2, 0.25) is 0 Å². The lowest BCUT2D eigenvalue weighted by molar-refractivity contribution is -0.143. The van der Waals surface area contributed by atoms with Gasteiger partial charge in [0, 0.05) is 12.8 Å². The molecule has 0 saturated heterocycles. The van der Waals surface area contributed by atoms with Gasteiger partial charge in [0.2, 0.25) is 0 Å². The highest BCUT2D eigenvalue weighted by molar-refractivity contribution is 5.69. The van der Waals surface area contributed by atoms with Crippen molar-refractivity contribution in [1.29, 1.82) is 0 Å². The van der Waals surface area contributed by atoms with Crippen LogP contribution in [0.1, 0.15) is 37.3 Å². The van der Waals surface area contributed by atoms with E-state index in [1.165, 1.54) is 0 Å². The second-order valence-electron chi connectivity index (χ2n) is 4.43. The lowest BCUT2D eigenvalue weighted by Gasteiger charge is -2.04. The number of carboxylic acids is 1. The molecule has 0 heterocycles. The molecule has 0 bridgehead atoms. The average molecular weight is 264 g/mol. The summed E-state index contributed by atoms with van der Waals surface area (Å²) in [5, 5.41) is 8.59. The van der Waals surface area contributed by atoms with Crippen molar-refractivity contribution >= 4 is 11.9 Å². The maximum absolute atomic E-state index is 11.3. The molecule has 0 aromatic heterocycles. The average Bonchev–Trinajstić information content (AvgIpc) is 2.41. The van der Waals surface area contributed by atoms with Gasteiger partial charge in [0.25, 0.3) is 0 Å². The molecule has 1 N–H and O–H groups in total. The third-order valence-corrected chi connectivity index (χ3v) is 2.74. The molecule has 4 nitrogen and oxygen atoms in total. The molecule has 104 valence electrons. The number of rotatable bonds is 8. The highest BCUT2D eigenvalue weighted by Crippen LogP contribution is 2.09. The Morgan fingerprint density at radius 2 is 1.58 bits per heavy atom. The summed E-state index contributed by atoms with van der Waals surface area (Å²) in [6, 6.07) is 7.69. The predicted octanol–water partition coefficient (Wildman–Crippen LogP) is 2.59. The summed E-state index contributed by atoms with van der Waals surface area (Å²) >= 11 is 0. The zero-order valence-electron chi connectivity index (χ0n) is 11.2. The fraction of sp³-hybridized carbons (Fsp3) is 0.467. The summed E-state index contributed by atoms with van der Waals surface area (Å²) in [6.45, 7) is 2.44. The van der Waals surface area contributed by atoms with Crippen LogP contribution < -0.4 is 0 Å². The van der Waals surface area contributed by atoms with E-state index in [0.717, 1.165) is 17.5 Å². The van der Waals surface area contributed by atoms with Crippen LogP contribution in [-0.4, -0.2) is 23.7 Å². The first-order valence-electron chi connectivity index (χ1n) is 6.57. The number of aliphatic carboxylic acids is 1. The van der Waals surface area contributed by atoms with Crippen molar-refractivity contribution in [3.63, 3.8) is 0 Å². The van der Waals surface area contributed by atoms with E-state index in [0.29, 0.717) is 25.9 Å². The van der Waals surface area contributed by atoms with Crippen LogP contribution in [-0.2, 0) is 27.2 Å². The molecule has 0 aliphatic rings. The first kappa shape index (κ1) is 15.2. The molecule has 0 amide bonds. The Kier molecular flexibility index (Phi) is 6.64. The van der Waals surface area contributed by atoms with Crippen molar-refractivity contribution in [2.45, 2.75) is 39.0 Å². The van der Waals surface area contributed by atoms with Crippen LogP contribution in [0.15, 0.2) is 24.3 Å². The summed E-state index contributed by atoms with van der Waals surface area (Å²) in [4.78, 5) is 21.8. The van der Waals surface area contributed by atoms with Crippen molar-refractivity contribution in [2.24, 2.45) is 0 Å². The van der Waals surface area contributed by atoms with Crippen molar-refractivity contribution in [1.82, 2.24) is 0 Å². The number of ether oxygens (including phenoxy) is 1. The normalized spacial score (nSPS) is 10.2. The molecule has 1 aromatic carbocycles. The van der Waals surface area contributed by atoms with Crippen LogP contribution in [0, 0.1) is 0 Å². The van der Waals surface area contributed by atoms with Crippen molar-refractivity contribution in [3.05, 3.63) is 35.4 Å². The van der Waals surface area contributed by atoms with Gasteiger partial charge in [0.1, 0.15) is 0 Å². The summed E-state index contributed by atoms with van der Waals surface area (Å²) in [7, 11) is 0. The largest absolute Gasteiger partial charge is 0.481 e. The number of carbonyl (C=O) groups is 2. The number of aryl methyl sites for hydroxylation is 2. The first-order valence-corrected chi connectivity index (χ1v) is 6.57. The van der Waals surface area contributed by atoms with Crippen molar-refractivity contribution in [2.75, 3.05) is 6.61 Å². The number of esters is 1. The van der Waals surface area contributed by atoms with E-state index in [1.54, 1.807) is 0 Å². The van der Waals surface area contributed by atoms with Crippen LogP contribution in [0.25, 0.3) is 0 Å². The van der Waals surface area contributed by atoms with Crippen molar-refractivity contribution < 1.29 is 19.4 Å². The van der Waals surface area contributed by atoms with E-state index in [-0.39, 0.29) is 12.4 Å². The van der Waals surface area contributed by atoms with Gasteiger partial charge >= 0.3 is 11.9 Å². The quantitative estimate of drug-likeness (QED) is 0.733. The molecule has 0 aliphatic carbocycles. The van der Waals surface area contributed by atoms with Crippen LogP contribution in [0.3, 0.4) is 0 Å². The maximum atomic E-state index is 11.3. The minimum Gasteiger partial charge on any atom is -0.481 e. The van der Waals surface area contributed by atoms with Gasteiger partial charge in [-0.05, 0) is 30.4 Å². The minimum atomic E-state index is -0.789. The number of benzene rings is 1. The van der Waals surface area contributed by atoms with E-state index >= 15 is 0 Å². The maximum Gasteiger partial charge on any atom is 0.306 e. The van der Waals surface area contributed by atoms with Crippen LogP contribution in [0.5, 0.6) is 0 Å². The molecule has 19 heavy (non-hydrogen) atoms. The number of hydrogen-bond donors (Lipinski definition) is 1. The fourth-order valence-electron chi connectivity index (χ4n) is 1.66. The lowest BCUT2D eigenvalue weighted by Crippen LogP contribution is -2.06. The van der Waals surface area contributed by atoms with Gasteiger partial charge in [-0.2, -0.15) is 0 Å². The monoisotopic (exact) mass is 264 g/mol. The van der Waals surface area contributed by atoms with Crippen molar-refractivity contribution in [3.8, 4) is 0 Å². The minimum absolute atomic E-state index is 0.142. The third-order valence-electron chi connectivity index (χ3n) is 2.74. The molecule has 0 spiro atoms. The second kappa shape index (κ2) is 8.29. The van der Waals surface area contributed by atoms with E-state index in [1.807, 2.05) is 31.2 Å². The number of carbonyl (C=O) groups excluding carboxylic acids is 1. The van der Waals surface area contributed by atoms with Crippen LogP contribution in [0.4, 0.5) is 0 Å². The SMILES string of the molecule is CCCOC(=O)CCc1ccc(CCC(=O)O)cc1. The summed E-state index contributed by atoms with van der Waals surface area (Å²) in [5.41, 5.74) is 2.06. The Morgan fingerprint density at radius 1 is 1.05 bits per heavy atom. The standard InChI is InChI=1S/C15H20O4/c1-2-11-19-15(18)10-8-13-5-3-12(4-6-13)7-9-14(16)17/h3-6H,2,7-11H2,1H3,(H,16,17). The van der Waals surface area contributed by atoms with Gasteiger partial charge < -0.3 is 9.84 Å². The molecule has 4 heteroatoms. The van der Waals surface area contributed by atoms with E-state index < -0.39 is 5.97 Å². The Labute approximate surface area is 113 Å². The fourth-order valence-corrected chi connectivity index (χ4v) is 1.66. The van der Waals surface area contributed by atoms with Gasteiger partial charge in [-0.15, -0.1) is 0 Å². The van der Waals surface area contributed by atoms with Gasteiger partial charge in [0.05, 0.1) is 6.61 Å². The molecule has 1 rings (SSSR count). The summed E-state index contributed by atoms with van der Waals surface area (Å²) < 4.78 is 5.00. The van der Waals surface area contributed by atoms with Gasteiger partial charge in [-0.3, -0.25) is 9.59 Å². The molecule has 0 saturated carbocycles. The highest BCUT2D eigenvalue weighted by Gasteiger charge is 2.04. The Morgan fingerprint density at radius 3 is 2.05 bits per heavy atom. The van der Waals surface area contributed by atoms with E-state index in [4.69, 9.17) is 9.84 Å². The molecule has 1 aromatic rings.